The average Bonchev–Trinajstić information content (AvgIpc) is 2.45. The third kappa shape index (κ3) is 3.77. The fraction of sp³-hybridized carbons (Fsp3) is 0.500. The van der Waals surface area contributed by atoms with Gasteiger partial charge in [0.05, 0.1) is 23.5 Å². The second-order valence-corrected chi connectivity index (χ2v) is 5.09. The van der Waals surface area contributed by atoms with Crippen molar-refractivity contribution in [1.29, 1.82) is 0 Å². The highest BCUT2D eigenvalue weighted by Gasteiger charge is 2.40. The second kappa shape index (κ2) is 6.64. The van der Waals surface area contributed by atoms with Crippen molar-refractivity contribution in [2.24, 2.45) is 5.73 Å². The topological polar surface area (TPSA) is 107 Å². The Bertz CT molecular complexity index is 533. The van der Waals surface area contributed by atoms with E-state index in [1.165, 1.54) is 12.1 Å². The highest BCUT2D eigenvalue weighted by Crippen LogP contribution is 2.22. The van der Waals surface area contributed by atoms with Gasteiger partial charge in [-0.3, -0.25) is 14.9 Å². The molecule has 7 heteroatoms. The summed E-state index contributed by atoms with van der Waals surface area (Å²) in [6.07, 6.45) is 0.776. The van der Waals surface area contributed by atoms with E-state index in [2.05, 4.69) is 5.32 Å². The summed E-state index contributed by atoms with van der Waals surface area (Å²) in [4.78, 5) is 22.2. The number of amides is 1. The molecule has 2 rings (SSSR count). The van der Waals surface area contributed by atoms with E-state index in [4.69, 9.17) is 10.5 Å². The summed E-state index contributed by atoms with van der Waals surface area (Å²) in [6, 6.07) is 5.77. The maximum atomic E-state index is 12.0. The first kappa shape index (κ1) is 15.4. The predicted molar refractivity (Wildman–Crippen MR) is 76.7 cm³/mol. The Labute approximate surface area is 122 Å². The third-order valence-corrected chi connectivity index (χ3v) is 3.56. The van der Waals surface area contributed by atoms with Crippen molar-refractivity contribution < 1.29 is 14.5 Å². The molecular weight excluding hydrogens is 274 g/mol. The first-order valence-corrected chi connectivity index (χ1v) is 6.91. The van der Waals surface area contributed by atoms with Crippen molar-refractivity contribution in [3.63, 3.8) is 0 Å². The van der Waals surface area contributed by atoms with Crippen LogP contribution in [0.2, 0.25) is 0 Å². The molecule has 0 heterocycles. The van der Waals surface area contributed by atoms with Crippen LogP contribution in [0.1, 0.15) is 18.9 Å². The van der Waals surface area contributed by atoms with Gasteiger partial charge in [0.1, 0.15) is 0 Å². The summed E-state index contributed by atoms with van der Waals surface area (Å²) >= 11 is 0. The number of hydrogen-bond donors (Lipinski definition) is 2. The smallest absolute Gasteiger partial charge is 0.269 e. The first-order valence-electron chi connectivity index (χ1n) is 6.91. The minimum atomic E-state index is -0.478. The normalized spacial score (nSPS) is 24.2. The summed E-state index contributed by atoms with van der Waals surface area (Å²) < 4.78 is 5.48. The SMILES string of the molecule is CCOC1CC(N)C1NC(=O)Cc1cccc([N+](=O)[O-])c1. The van der Waals surface area contributed by atoms with E-state index in [0.717, 1.165) is 6.42 Å². The van der Waals surface area contributed by atoms with E-state index in [-0.39, 0.29) is 36.2 Å². The lowest BCUT2D eigenvalue weighted by Crippen LogP contribution is -2.64. The number of ether oxygens (including phenoxy) is 1. The van der Waals surface area contributed by atoms with Crippen LogP contribution in [0.3, 0.4) is 0 Å². The highest BCUT2D eigenvalue weighted by molar-refractivity contribution is 5.79. The number of nitrogens with one attached hydrogen (secondary N) is 1. The van der Waals surface area contributed by atoms with Crippen LogP contribution in [0.4, 0.5) is 5.69 Å². The number of carbonyl (C=O) groups is 1. The Morgan fingerprint density at radius 1 is 1.57 bits per heavy atom. The molecule has 0 saturated heterocycles. The number of nitrogens with zero attached hydrogens (tertiary/aromatic N) is 1. The second-order valence-electron chi connectivity index (χ2n) is 5.09. The number of nitro groups is 1. The van der Waals surface area contributed by atoms with Crippen molar-refractivity contribution in [3.05, 3.63) is 39.9 Å². The maximum absolute atomic E-state index is 12.0. The van der Waals surface area contributed by atoms with Crippen LogP contribution in [0, 0.1) is 10.1 Å². The van der Waals surface area contributed by atoms with Crippen LogP contribution in [0.15, 0.2) is 24.3 Å². The van der Waals surface area contributed by atoms with Crippen molar-refractivity contribution in [2.45, 2.75) is 38.0 Å². The molecule has 1 aromatic rings. The zero-order valence-electron chi connectivity index (χ0n) is 11.8. The van der Waals surface area contributed by atoms with E-state index in [1.807, 2.05) is 6.92 Å². The molecule has 0 spiro atoms. The molecule has 1 aromatic carbocycles. The molecule has 1 fully saturated rings. The van der Waals surface area contributed by atoms with Gasteiger partial charge >= 0.3 is 0 Å². The van der Waals surface area contributed by atoms with Crippen LogP contribution < -0.4 is 11.1 Å². The van der Waals surface area contributed by atoms with Crippen molar-refractivity contribution in [2.75, 3.05) is 6.61 Å². The molecule has 0 aliphatic heterocycles. The van der Waals surface area contributed by atoms with Crippen LogP contribution in [-0.2, 0) is 16.0 Å². The fourth-order valence-corrected chi connectivity index (χ4v) is 2.43. The summed E-state index contributed by atoms with van der Waals surface area (Å²) in [5.41, 5.74) is 6.44. The van der Waals surface area contributed by atoms with Gasteiger partial charge in [0.2, 0.25) is 5.91 Å². The third-order valence-electron chi connectivity index (χ3n) is 3.56. The van der Waals surface area contributed by atoms with E-state index >= 15 is 0 Å². The summed E-state index contributed by atoms with van der Waals surface area (Å²) in [5.74, 6) is -0.208. The maximum Gasteiger partial charge on any atom is 0.269 e. The molecule has 0 aromatic heterocycles. The van der Waals surface area contributed by atoms with Crippen LogP contribution in [-0.4, -0.2) is 35.6 Å². The zero-order chi connectivity index (χ0) is 15.4. The molecule has 7 nitrogen and oxygen atoms in total. The van der Waals surface area contributed by atoms with E-state index < -0.39 is 4.92 Å². The Morgan fingerprint density at radius 3 is 2.95 bits per heavy atom. The molecule has 3 unspecified atom stereocenters. The molecule has 114 valence electrons. The first-order chi connectivity index (χ1) is 10.0. The van der Waals surface area contributed by atoms with Crippen LogP contribution >= 0.6 is 0 Å². The Hall–Kier alpha value is -1.99. The minimum absolute atomic E-state index is 0.0205. The van der Waals surface area contributed by atoms with Gasteiger partial charge in [0.25, 0.3) is 5.69 Å². The molecule has 1 amide bonds. The Kier molecular flexibility index (Phi) is 4.87. The molecule has 3 atom stereocenters. The van der Waals surface area contributed by atoms with Gasteiger partial charge in [-0.15, -0.1) is 0 Å². The minimum Gasteiger partial charge on any atom is -0.376 e. The van der Waals surface area contributed by atoms with Crippen molar-refractivity contribution >= 4 is 11.6 Å². The number of non-ortho nitro benzene ring substituents is 1. The van der Waals surface area contributed by atoms with E-state index in [0.29, 0.717) is 12.2 Å². The number of rotatable bonds is 6. The lowest BCUT2D eigenvalue weighted by Gasteiger charge is -2.42. The van der Waals surface area contributed by atoms with Gasteiger partial charge < -0.3 is 15.8 Å². The summed E-state index contributed by atoms with van der Waals surface area (Å²) in [7, 11) is 0. The Morgan fingerprint density at radius 2 is 2.33 bits per heavy atom. The predicted octanol–water partition coefficient (Wildman–Crippen LogP) is 0.758. The number of benzene rings is 1. The van der Waals surface area contributed by atoms with Crippen LogP contribution in [0.5, 0.6) is 0 Å². The van der Waals surface area contributed by atoms with E-state index in [9.17, 15) is 14.9 Å². The van der Waals surface area contributed by atoms with Crippen LogP contribution in [0.25, 0.3) is 0 Å². The molecule has 0 bridgehead atoms. The Balaban J connectivity index is 1.92. The monoisotopic (exact) mass is 293 g/mol. The summed E-state index contributed by atoms with van der Waals surface area (Å²) in [6.45, 7) is 2.47. The fourth-order valence-electron chi connectivity index (χ4n) is 2.43. The molecule has 1 aliphatic rings. The van der Waals surface area contributed by atoms with Gasteiger partial charge in [-0.25, -0.2) is 0 Å². The number of hydrogen-bond acceptors (Lipinski definition) is 5. The van der Waals surface area contributed by atoms with Crippen molar-refractivity contribution in [3.8, 4) is 0 Å². The lowest BCUT2D eigenvalue weighted by molar-refractivity contribution is -0.384. The molecule has 21 heavy (non-hydrogen) atoms. The van der Waals surface area contributed by atoms with Gasteiger partial charge in [0, 0.05) is 24.8 Å². The number of nitrogens with two attached hydrogens (primary N) is 1. The molecule has 0 radical (unpaired) electrons. The standard InChI is InChI=1S/C14H19N3O4/c1-2-21-12-8-11(15)14(12)16-13(18)7-9-4-3-5-10(6-9)17(19)20/h3-6,11-12,14H,2,7-8,15H2,1H3,(H,16,18). The largest absolute Gasteiger partial charge is 0.376 e. The highest BCUT2D eigenvalue weighted by atomic mass is 16.6. The zero-order valence-corrected chi connectivity index (χ0v) is 11.8. The van der Waals surface area contributed by atoms with Gasteiger partial charge in [-0.05, 0) is 18.9 Å². The van der Waals surface area contributed by atoms with Crippen molar-refractivity contribution in [1.82, 2.24) is 5.32 Å². The van der Waals surface area contributed by atoms with Gasteiger partial charge in [0.15, 0.2) is 0 Å². The lowest BCUT2D eigenvalue weighted by atomic mass is 9.83. The van der Waals surface area contributed by atoms with Gasteiger partial charge in [-0.1, -0.05) is 12.1 Å². The summed E-state index contributed by atoms with van der Waals surface area (Å²) in [5, 5.41) is 13.5. The molecule has 1 aliphatic carbocycles. The number of carbonyl (C=O) groups excluding carboxylic acids is 1. The number of nitro benzene ring substituents is 1. The van der Waals surface area contributed by atoms with Gasteiger partial charge in [-0.2, -0.15) is 0 Å². The van der Waals surface area contributed by atoms with E-state index in [1.54, 1.807) is 12.1 Å². The molecule has 1 saturated carbocycles. The molecular formula is C14H19N3O4. The quantitative estimate of drug-likeness (QED) is 0.594. The average molecular weight is 293 g/mol. The molecule has 3 N–H and O–H groups in total.